The van der Waals surface area contributed by atoms with Gasteiger partial charge in [0.2, 0.25) is 11.0 Å². The largest absolute Gasteiger partial charge is 0.361 e. The number of carbonyl (C=O) groups excluding carboxylic acids is 1. The predicted molar refractivity (Wildman–Crippen MR) is 88.7 cm³/mol. The number of hydrogen-bond acceptors (Lipinski definition) is 6. The first-order chi connectivity index (χ1) is 11.1. The van der Waals surface area contributed by atoms with Gasteiger partial charge in [0.25, 0.3) is 0 Å². The van der Waals surface area contributed by atoms with Gasteiger partial charge < -0.3 is 9.84 Å². The average Bonchev–Trinajstić information content (AvgIpc) is 3.14. The summed E-state index contributed by atoms with van der Waals surface area (Å²) < 4.78 is 5.11. The van der Waals surface area contributed by atoms with E-state index in [0.717, 1.165) is 22.0 Å². The minimum Gasteiger partial charge on any atom is -0.361 e. The smallest absolute Gasteiger partial charge is 0.226 e. The summed E-state index contributed by atoms with van der Waals surface area (Å²) in [5.74, 6) is 1.26. The van der Waals surface area contributed by atoms with E-state index in [4.69, 9.17) is 4.52 Å². The van der Waals surface area contributed by atoms with Gasteiger partial charge in [-0.1, -0.05) is 35.8 Å². The topological polar surface area (TPSA) is 80.9 Å². The number of aromatic nitrogens is 3. The Kier molecular flexibility index (Phi) is 5.05. The highest BCUT2D eigenvalue weighted by molar-refractivity contribution is 7.15. The fourth-order valence-corrected chi connectivity index (χ4v) is 4.01. The Bertz CT molecular complexity index is 654. The Labute approximate surface area is 139 Å². The van der Waals surface area contributed by atoms with E-state index in [1.807, 2.05) is 13.8 Å². The number of anilines is 1. The first-order valence-electron chi connectivity index (χ1n) is 8.18. The summed E-state index contributed by atoms with van der Waals surface area (Å²) >= 11 is 1.51. The number of aryl methyl sites for hydroxylation is 2. The van der Waals surface area contributed by atoms with Crippen molar-refractivity contribution in [3.63, 3.8) is 0 Å². The van der Waals surface area contributed by atoms with Crippen LogP contribution in [0.3, 0.4) is 0 Å². The van der Waals surface area contributed by atoms with Crippen LogP contribution in [0, 0.1) is 13.8 Å². The summed E-state index contributed by atoms with van der Waals surface area (Å²) in [6, 6.07) is 0. The van der Waals surface area contributed by atoms with Crippen LogP contribution in [0.5, 0.6) is 0 Å². The Morgan fingerprint density at radius 3 is 2.74 bits per heavy atom. The minimum atomic E-state index is -0.0451. The van der Waals surface area contributed by atoms with Gasteiger partial charge in [-0.05, 0) is 33.1 Å². The molecule has 2 aromatic heterocycles. The van der Waals surface area contributed by atoms with Crippen LogP contribution in [-0.4, -0.2) is 21.3 Å². The second kappa shape index (κ2) is 7.21. The number of rotatable bonds is 5. The summed E-state index contributed by atoms with van der Waals surface area (Å²) in [4.78, 5) is 12.1. The molecule has 6 nitrogen and oxygen atoms in total. The van der Waals surface area contributed by atoms with Crippen LogP contribution >= 0.6 is 11.3 Å². The number of nitrogens with one attached hydrogen (secondary N) is 1. The predicted octanol–water partition coefficient (Wildman–Crippen LogP) is 3.76. The molecule has 0 aliphatic heterocycles. The molecule has 2 heterocycles. The molecule has 1 aliphatic carbocycles. The van der Waals surface area contributed by atoms with Crippen LogP contribution in [-0.2, 0) is 11.2 Å². The van der Waals surface area contributed by atoms with Gasteiger partial charge in [-0.25, -0.2) is 0 Å². The molecule has 1 N–H and O–H groups in total. The molecule has 23 heavy (non-hydrogen) atoms. The van der Waals surface area contributed by atoms with Crippen LogP contribution in [0.1, 0.15) is 66.5 Å². The summed E-state index contributed by atoms with van der Waals surface area (Å²) in [7, 11) is 0. The monoisotopic (exact) mass is 334 g/mol. The zero-order valence-electron chi connectivity index (χ0n) is 13.6. The average molecular weight is 334 g/mol. The van der Waals surface area contributed by atoms with Gasteiger partial charge in [-0.3, -0.25) is 4.79 Å². The molecular weight excluding hydrogens is 312 g/mol. The van der Waals surface area contributed by atoms with E-state index in [1.165, 1.54) is 43.4 Å². The summed E-state index contributed by atoms with van der Waals surface area (Å²) in [5, 5.41) is 16.8. The fraction of sp³-hybridized carbons (Fsp3) is 0.625. The summed E-state index contributed by atoms with van der Waals surface area (Å²) in [6.45, 7) is 3.76. The van der Waals surface area contributed by atoms with E-state index < -0.39 is 0 Å². The van der Waals surface area contributed by atoms with Crippen molar-refractivity contribution in [2.75, 3.05) is 5.32 Å². The molecule has 124 valence electrons. The SMILES string of the molecule is Cc1noc(C)c1CCC(=O)Nc1nnc(C2CCCCC2)s1. The Morgan fingerprint density at radius 1 is 1.26 bits per heavy atom. The maximum absolute atomic E-state index is 12.1. The molecule has 0 unspecified atom stereocenters. The van der Waals surface area contributed by atoms with Crippen LogP contribution in [0.25, 0.3) is 0 Å². The zero-order chi connectivity index (χ0) is 16.2. The van der Waals surface area contributed by atoms with Crippen molar-refractivity contribution in [1.29, 1.82) is 0 Å². The zero-order valence-corrected chi connectivity index (χ0v) is 14.4. The maximum Gasteiger partial charge on any atom is 0.226 e. The van der Waals surface area contributed by atoms with Crippen LogP contribution < -0.4 is 5.32 Å². The molecule has 0 atom stereocenters. The molecule has 1 saturated carbocycles. The van der Waals surface area contributed by atoms with Gasteiger partial charge in [0, 0.05) is 17.9 Å². The summed E-state index contributed by atoms with van der Waals surface area (Å²) in [6.07, 6.45) is 7.25. The van der Waals surface area contributed by atoms with Crippen molar-refractivity contribution in [3.05, 3.63) is 22.0 Å². The fourth-order valence-electron chi connectivity index (χ4n) is 3.08. The molecule has 1 fully saturated rings. The van der Waals surface area contributed by atoms with Crippen molar-refractivity contribution < 1.29 is 9.32 Å². The van der Waals surface area contributed by atoms with Gasteiger partial charge in [-0.15, -0.1) is 10.2 Å². The second-order valence-electron chi connectivity index (χ2n) is 6.13. The van der Waals surface area contributed by atoms with Crippen molar-refractivity contribution >= 4 is 22.4 Å². The Hall–Kier alpha value is -1.76. The lowest BCUT2D eigenvalue weighted by Gasteiger charge is -2.18. The number of nitrogens with zero attached hydrogens (tertiary/aromatic N) is 3. The van der Waals surface area contributed by atoms with Gasteiger partial charge in [0.05, 0.1) is 5.69 Å². The highest BCUT2D eigenvalue weighted by Crippen LogP contribution is 2.35. The van der Waals surface area contributed by atoms with Crippen molar-refractivity contribution in [3.8, 4) is 0 Å². The molecule has 0 radical (unpaired) electrons. The number of hydrogen-bond donors (Lipinski definition) is 1. The van der Waals surface area contributed by atoms with Crippen LogP contribution in [0.15, 0.2) is 4.52 Å². The van der Waals surface area contributed by atoms with E-state index in [1.54, 1.807) is 0 Å². The Morgan fingerprint density at radius 2 is 2.04 bits per heavy atom. The first-order valence-corrected chi connectivity index (χ1v) is 9.00. The van der Waals surface area contributed by atoms with Gasteiger partial charge in [0.15, 0.2) is 0 Å². The normalized spacial score (nSPS) is 15.7. The lowest BCUT2D eigenvalue weighted by atomic mass is 9.90. The highest BCUT2D eigenvalue weighted by atomic mass is 32.1. The van der Waals surface area contributed by atoms with E-state index in [9.17, 15) is 4.79 Å². The van der Waals surface area contributed by atoms with E-state index in [2.05, 4.69) is 20.7 Å². The molecule has 2 aromatic rings. The molecule has 0 spiro atoms. The third-order valence-corrected chi connectivity index (χ3v) is 5.43. The first kappa shape index (κ1) is 16.1. The maximum atomic E-state index is 12.1. The molecule has 7 heteroatoms. The van der Waals surface area contributed by atoms with E-state index >= 15 is 0 Å². The molecule has 1 aliphatic rings. The highest BCUT2D eigenvalue weighted by Gasteiger charge is 2.20. The molecule has 0 saturated heterocycles. The Balaban J connectivity index is 1.53. The third-order valence-electron chi connectivity index (χ3n) is 4.42. The quantitative estimate of drug-likeness (QED) is 0.900. The molecule has 0 bridgehead atoms. The standard InChI is InChI=1S/C16H22N4O2S/c1-10-13(11(2)22-20-10)8-9-14(21)17-16-19-18-15(23-16)12-6-4-3-5-7-12/h12H,3-9H2,1-2H3,(H,17,19,21). The van der Waals surface area contributed by atoms with Gasteiger partial charge in [0.1, 0.15) is 10.8 Å². The molecule has 0 aromatic carbocycles. The minimum absolute atomic E-state index is 0.0451. The van der Waals surface area contributed by atoms with Gasteiger partial charge >= 0.3 is 0 Å². The van der Waals surface area contributed by atoms with Gasteiger partial charge in [-0.2, -0.15) is 0 Å². The molecule has 3 rings (SSSR count). The van der Waals surface area contributed by atoms with Crippen molar-refractivity contribution in [2.24, 2.45) is 0 Å². The lowest BCUT2D eigenvalue weighted by Crippen LogP contribution is -2.12. The van der Waals surface area contributed by atoms with Crippen LogP contribution in [0.4, 0.5) is 5.13 Å². The lowest BCUT2D eigenvalue weighted by molar-refractivity contribution is -0.116. The summed E-state index contributed by atoms with van der Waals surface area (Å²) in [5.41, 5.74) is 1.87. The molecule has 1 amide bonds. The van der Waals surface area contributed by atoms with E-state index in [0.29, 0.717) is 23.9 Å². The number of amides is 1. The van der Waals surface area contributed by atoms with E-state index in [-0.39, 0.29) is 5.91 Å². The van der Waals surface area contributed by atoms with Crippen LogP contribution in [0.2, 0.25) is 0 Å². The van der Waals surface area contributed by atoms with Crippen molar-refractivity contribution in [1.82, 2.24) is 15.4 Å². The van der Waals surface area contributed by atoms with Crippen molar-refractivity contribution in [2.45, 2.75) is 64.7 Å². The second-order valence-corrected chi connectivity index (χ2v) is 7.14. The number of carbonyl (C=O) groups is 1. The third kappa shape index (κ3) is 3.96. The molecular formula is C16H22N4O2S.